The van der Waals surface area contributed by atoms with Crippen LogP contribution in [0.3, 0.4) is 0 Å². The third-order valence-corrected chi connectivity index (χ3v) is 4.41. The van der Waals surface area contributed by atoms with Gasteiger partial charge in [0.05, 0.1) is 21.8 Å². The minimum Gasteiger partial charge on any atom is -0.393 e. The van der Waals surface area contributed by atoms with Crippen molar-refractivity contribution in [3.8, 4) is 0 Å². The molecule has 114 valence electrons. The highest BCUT2D eigenvalue weighted by atomic mass is 35.5. The molecule has 0 radical (unpaired) electrons. The average molecular weight is 331 g/mol. The van der Waals surface area contributed by atoms with E-state index in [-0.39, 0.29) is 10.9 Å². The lowest BCUT2D eigenvalue weighted by Crippen LogP contribution is -2.38. The Hall–Kier alpha value is -1.30. The molecule has 2 rings (SSSR count). The van der Waals surface area contributed by atoms with E-state index in [1.165, 1.54) is 4.90 Å². The van der Waals surface area contributed by atoms with Crippen molar-refractivity contribution >= 4 is 40.7 Å². The van der Waals surface area contributed by atoms with Gasteiger partial charge in [0.15, 0.2) is 0 Å². The standard InChI is InChI=1S/C14H16Cl2N2O3/c1-8(19)9-5-6-18(7-9)14(21)13(20)17-11-4-2-3-10(15)12(11)16/h2-4,8-9,19H,5-7H2,1H3,(H,17,20). The first-order valence-electron chi connectivity index (χ1n) is 6.62. The van der Waals surface area contributed by atoms with Crippen molar-refractivity contribution in [1.82, 2.24) is 4.90 Å². The van der Waals surface area contributed by atoms with Crippen molar-refractivity contribution < 1.29 is 14.7 Å². The van der Waals surface area contributed by atoms with Crippen molar-refractivity contribution in [2.24, 2.45) is 5.92 Å². The van der Waals surface area contributed by atoms with Gasteiger partial charge in [0.1, 0.15) is 0 Å². The topological polar surface area (TPSA) is 69.6 Å². The Labute approximate surface area is 132 Å². The lowest BCUT2D eigenvalue weighted by Gasteiger charge is -2.17. The van der Waals surface area contributed by atoms with Crippen LogP contribution in [0.1, 0.15) is 13.3 Å². The molecule has 2 atom stereocenters. The molecule has 1 aromatic rings. The number of halogens is 2. The molecule has 1 fully saturated rings. The highest BCUT2D eigenvalue weighted by molar-refractivity contribution is 6.45. The summed E-state index contributed by atoms with van der Waals surface area (Å²) in [7, 11) is 0. The lowest BCUT2D eigenvalue weighted by molar-refractivity contribution is -0.142. The number of hydrogen-bond donors (Lipinski definition) is 2. The maximum atomic E-state index is 12.1. The Morgan fingerprint density at radius 1 is 1.43 bits per heavy atom. The van der Waals surface area contributed by atoms with E-state index in [0.717, 1.165) is 0 Å². The van der Waals surface area contributed by atoms with Crippen molar-refractivity contribution in [2.75, 3.05) is 18.4 Å². The number of hydrogen-bond acceptors (Lipinski definition) is 3. The van der Waals surface area contributed by atoms with Gasteiger partial charge in [0.25, 0.3) is 0 Å². The van der Waals surface area contributed by atoms with E-state index in [0.29, 0.717) is 30.2 Å². The zero-order valence-corrected chi connectivity index (χ0v) is 13.0. The second-order valence-electron chi connectivity index (χ2n) is 5.10. The van der Waals surface area contributed by atoms with Gasteiger partial charge in [0.2, 0.25) is 0 Å². The smallest absolute Gasteiger partial charge is 0.313 e. The van der Waals surface area contributed by atoms with Crippen LogP contribution in [0.15, 0.2) is 18.2 Å². The molecule has 0 aliphatic carbocycles. The van der Waals surface area contributed by atoms with E-state index >= 15 is 0 Å². The molecule has 7 heteroatoms. The highest BCUT2D eigenvalue weighted by Crippen LogP contribution is 2.29. The zero-order valence-electron chi connectivity index (χ0n) is 11.5. The molecule has 2 N–H and O–H groups in total. The van der Waals surface area contributed by atoms with E-state index in [1.54, 1.807) is 25.1 Å². The average Bonchev–Trinajstić information content (AvgIpc) is 2.93. The van der Waals surface area contributed by atoms with Crippen LogP contribution >= 0.6 is 23.2 Å². The second-order valence-corrected chi connectivity index (χ2v) is 5.88. The van der Waals surface area contributed by atoms with E-state index in [4.69, 9.17) is 23.2 Å². The summed E-state index contributed by atoms with van der Waals surface area (Å²) in [5, 5.41) is 12.5. The summed E-state index contributed by atoms with van der Waals surface area (Å²) in [6, 6.07) is 4.80. The molecule has 5 nitrogen and oxygen atoms in total. The summed E-state index contributed by atoms with van der Waals surface area (Å²) in [5.74, 6) is -1.38. The second kappa shape index (κ2) is 6.64. The Morgan fingerprint density at radius 2 is 2.14 bits per heavy atom. The number of likely N-dealkylation sites (tertiary alicyclic amines) is 1. The SMILES string of the molecule is CC(O)C1CCN(C(=O)C(=O)Nc2cccc(Cl)c2Cl)C1. The minimum absolute atomic E-state index is 0.0107. The summed E-state index contributed by atoms with van der Waals surface area (Å²) < 4.78 is 0. The molecule has 1 aliphatic rings. The van der Waals surface area contributed by atoms with Crippen molar-refractivity contribution in [3.63, 3.8) is 0 Å². The van der Waals surface area contributed by atoms with E-state index in [9.17, 15) is 14.7 Å². The van der Waals surface area contributed by atoms with Gasteiger partial charge >= 0.3 is 11.8 Å². The molecule has 0 bridgehead atoms. The summed E-state index contributed by atoms with van der Waals surface area (Å²) in [4.78, 5) is 25.5. The maximum Gasteiger partial charge on any atom is 0.313 e. The first kappa shape index (κ1) is 16.1. The number of aliphatic hydroxyl groups is 1. The number of rotatable bonds is 2. The van der Waals surface area contributed by atoms with Gasteiger partial charge in [-0.05, 0) is 25.5 Å². The van der Waals surface area contributed by atoms with Crippen LogP contribution in [0.2, 0.25) is 10.0 Å². The third-order valence-electron chi connectivity index (χ3n) is 3.59. The predicted molar refractivity (Wildman–Crippen MR) is 81.5 cm³/mol. The fourth-order valence-corrected chi connectivity index (χ4v) is 2.63. The van der Waals surface area contributed by atoms with Gasteiger partial charge in [-0.25, -0.2) is 0 Å². The lowest BCUT2D eigenvalue weighted by atomic mass is 10.0. The molecule has 0 spiro atoms. The number of anilines is 1. The monoisotopic (exact) mass is 330 g/mol. The van der Waals surface area contributed by atoms with Crippen LogP contribution < -0.4 is 5.32 Å². The Kier molecular flexibility index (Phi) is 5.08. The van der Waals surface area contributed by atoms with Gasteiger partial charge in [-0.3, -0.25) is 9.59 Å². The van der Waals surface area contributed by atoms with E-state index in [2.05, 4.69) is 5.32 Å². The fourth-order valence-electron chi connectivity index (χ4n) is 2.29. The molecule has 1 aliphatic heterocycles. The van der Waals surface area contributed by atoms with Gasteiger partial charge in [-0.15, -0.1) is 0 Å². The van der Waals surface area contributed by atoms with Crippen LogP contribution in [-0.4, -0.2) is 41.0 Å². The Balaban J connectivity index is 2.01. The summed E-state index contributed by atoms with van der Waals surface area (Å²) in [6.07, 6.45) is 0.197. The number of carbonyl (C=O) groups is 2. The molecule has 21 heavy (non-hydrogen) atoms. The number of nitrogens with one attached hydrogen (secondary N) is 1. The number of nitrogens with zero attached hydrogens (tertiary/aromatic N) is 1. The Morgan fingerprint density at radius 3 is 2.76 bits per heavy atom. The summed E-state index contributed by atoms with van der Waals surface area (Å²) in [6.45, 7) is 2.53. The molecule has 2 unspecified atom stereocenters. The zero-order chi connectivity index (χ0) is 15.6. The molecule has 0 saturated carbocycles. The summed E-state index contributed by atoms with van der Waals surface area (Å²) in [5.41, 5.74) is 0.300. The van der Waals surface area contributed by atoms with Crippen LogP contribution in [0, 0.1) is 5.92 Å². The van der Waals surface area contributed by atoms with Crippen LogP contribution in [0.5, 0.6) is 0 Å². The van der Waals surface area contributed by atoms with Crippen molar-refractivity contribution in [1.29, 1.82) is 0 Å². The predicted octanol–water partition coefficient (Wildman–Crippen LogP) is 2.16. The number of benzene rings is 1. The van der Waals surface area contributed by atoms with Crippen LogP contribution in [-0.2, 0) is 9.59 Å². The Bertz CT molecular complexity index is 563. The molecule has 1 saturated heterocycles. The first-order chi connectivity index (χ1) is 9.90. The molecular weight excluding hydrogens is 315 g/mol. The molecule has 1 heterocycles. The van der Waals surface area contributed by atoms with Crippen LogP contribution in [0.4, 0.5) is 5.69 Å². The number of carbonyl (C=O) groups excluding carboxylic acids is 2. The van der Waals surface area contributed by atoms with Crippen LogP contribution in [0.25, 0.3) is 0 Å². The van der Waals surface area contributed by atoms with Gasteiger partial charge in [-0.1, -0.05) is 29.3 Å². The number of amides is 2. The van der Waals surface area contributed by atoms with Gasteiger partial charge < -0.3 is 15.3 Å². The number of aliphatic hydroxyl groups excluding tert-OH is 1. The quantitative estimate of drug-likeness (QED) is 0.816. The molecule has 2 amide bonds. The van der Waals surface area contributed by atoms with E-state index in [1.807, 2.05) is 0 Å². The highest BCUT2D eigenvalue weighted by Gasteiger charge is 2.32. The van der Waals surface area contributed by atoms with E-state index < -0.39 is 17.9 Å². The normalized spacial score (nSPS) is 19.4. The molecule has 0 aromatic heterocycles. The third kappa shape index (κ3) is 3.67. The molecular formula is C14H16Cl2N2O3. The van der Waals surface area contributed by atoms with Gasteiger partial charge in [-0.2, -0.15) is 0 Å². The maximum absolute atomic E-state index is 12.1. The first-order valence-corrected chi connectivity index (χ1v) is 7.38. The minimum atomic E-state index is -0.759. The largest absolute Gasteiger partial charge is 0.393 e. The fraction of sp³-hybridized carbons (Fsp3) is 0.429. The molecule has 1 aromatic carbocycles. The van der Waals surface area contributed by atoms with Gasteiger partial charge in [0, 0.05) is 19.0 Å². The van der Waals surface area contributed by atoms with Crippen molar-refractivity contribution in [3.05, 3.63) is 28.2 Å². The van der Waals surface area contributed by atoms with Crippen molar-refractivity contribution in [2.45, 2.75) is 19.4 Å². The summed E-state index contributed by atoms with van der Waals surface area (Å²) >= 11 is 11.8.